The summed E-state index contributed by atoms with van der Waals surface area (Å²) in [7, 11) is 0. The average Bonchev–Trinajstić information content (AvgIpc) is 2.52. The van der Waals surface area contributed by atoms with E-state index in [1.165, 1.54) is 12.1 Å². The molecule has 0 aliphatic rings. The Morgan fingerprint density at radius 3 is 2.43 bits per heavy atom. The van der Waals surface area contributed by atoms with Gasteiger partial charge in [-0.3, -0.25) is 4.79 Å². The van der Waals surface area contributed by atoms with E-state index in [-0.39, 0.29) is 16.6 Å². The van der Waals surface area contributed by atoms with Crippen LogP contribution in [0.4, 0.5) is 13.2 Å². The lowest BCUT2D eigenvalue weighted by atomic mass is 10.1. The Labute approximate surface area is 137 Å². The van der Waals surface area contributed by atoms with Crippen LogP contribution >= 0.6 is 11.8 Å². The van der Waals surface area contributed by atoms with Crippen LogP contribution in [-0.2, 0) is 11.2 Å². The minimum absolute atomic E-state index is 0.103. The van der Waals surface area contributed by atoms with E-state index in [9.17, 15) is 18.0 Å². The van der Waals surface area contributed by atoms with Crippen molar-refractivity contribution in [3.8, 4) is 0 Å². The molecule has 0 saturated heterocycles. The molecule has 2 aromatic carbocycles. The zero-order chi connectivity index (χ0) is 16.8. The van der Waals surface area contributed by atoms with Crippen LogP contribution in [0.2, 0.25) is 0 Å². The molecule has 0 radical (unpaired) electrons. The molecule has 2 rings (SSSR count). The fraction of sp³-hybridized carbons (Fsp3) is 0.235. The highest BCUT2D eigenvalue weighted by Crippen LogP contribution is 2.26. The van der Waals surface area contributed by atoms with Crippen molar-refractivity contribution in [2.24, 2.45) is 0 Å². The van der Waals surface area contributed by atoms with E-state index in [1.54, 1.807) is 19.1 Å². The molecule has 0 aromatic heterocycles. The average molecular weight is 339 g/mol. The predicted molar refractivity (Wildman–Crippen MR) is 84.8 cm³/mol. The number of benzene rings is 2. The van der Waals surface area contributed by atoms with E-state index in [2.05, 4.69) is 5.32 Å². The monoisotopic (exact) mass is 339 g/mol. The van der Waals surface area contributed by atoms with Crippen LogP contribution in [-0.4, -0.2) is 17.7 Å². The van der Waals surface area contributed by atoms with E-state index >= 15 is 0 Å². The van der Waals surface area contributed by atoms with E-state index in [1.807, 2.05) is 0 Å². The fourth-order valence-corrected chi connectivity index (χ4v) is 2.87. The van der Waals surface area contributed by atoms with Crippen LogP contribution in [0.15, 0.2) is 47.4 Å². The van der Waals surface area contributed by atoms with E-state index in [0.717, 1.165) is 35.5 Å². The third-order valence-electron chi connectivity index (χ3n) is 3.19. The molecule has 1 N–H and O–H groups in total. The van der Waals surface area contributed by atoms with Gasteiger partial charge in [-0.1, -0.05) is 12.1 Å². The van der Waals surface area contributed by atoms with Gasteiger partial charge in [0, 0.05) is 11.4 Å². The van der Waals surface area contributed by atoms with Crippen molar-refractivity contribution < 1.29 is 18.0 Å². The summed E-state index contributed by atoms with van der Waals surface area (Å²) in [5, 5.41) is 2.17. The quantitative estimate of drug-likeness (QED) is 0.808. The summed E-state index contributed by atoms with van der Waals surface area (Å²) in [6.07, 6.45) is 0.567. The Hall–Kier alpha value is -1.95. The van der Waals surface area contributed by atoms with E-state index in [0.29, 0.717) is 13.0 Å². The zero-order valence-electron chi connectivity index (χ0n) is 12.5. The lowest BCUT2D eigenvalue weighted by molar-refractivity contribution is -0.120. The standard InChI is InChI=1S/C17H16F3NOS/c1-11(23-16-10-14(19)6-7-15(16)20)17(22)21-9-8-12-2-4-13(18)5-3-12/h2-7,10-11H,8-9H2,1H3,(H,21,22)/t11-/m0/s1. The Morgan fingerprint density at radius 2 is 1.74 bits per heavy atom. The van der Waals surface area contributed by atoms with Crippen molar-refractivity contribution in [3.63, 3.8) is 0 Å². The van der Waals surface area contributed by atoms with Gasteiger partial charge in [-0.25, -0.2) is 13.2 Å². The lowest BCUT2D eigenvalue weighted by Crippen LogP contribution is -2.32. The van der Waals surface area contributed by atoms with Gasteiger partial charge in [-0.2, -0.15) is 0 Å². The molecule has 0 aliphatic heterocycles. The highest BCUT2D eigenvalue weighted by molar-refractivity contribution is 8.00. The molecule has 0 unspecified atom stereocenters. The smallest absolute Gasteiger partial charge is 0.233 e. The molecule has 1 atom stereocenters. The Balaban J connectivity index is 1.83. The minimum Gasteiger partial charge on any atom is -0.355 e. The second-order valence-corrected chi connectivity index (χ2v) is 6.38. The molecular weight excluding hydrogens is 323 g/mol. The summed E-state index contributed by atoms with van der Waals surface area (Å²) in [6, 6.07) is 9.18. The minimum atomic E-state index is -0.556. The van der Waals surface area contributed by atoms with Gasteiger partial charge in [-0.15, -0.1) is 11.8 Å². The first-order valence-corrected chi connectivity index (χ1v) is 7.97. The molecule has 2 nitrogen and oxygen atoms in total. The molecule has 0 aliphatic carbocycles. The summed E-state index contributed by atoms with van der Waals surface area (Å²) in [4.78, 5) is 12.1. The van der Waals surface area contributed by atoms with Crippen molar-refractivity contribution in [1.82, 2.24) is 5.32 Å². The molecule has 2 aromatic rings. The normalized spacial score (nSPS) is 12.0. The van der Waals surface area contributed by atoms with Gasteiger partial charge < -0.3 is 5.32 Å². The highest BCUT2D eigenvalue weighted by atomic mass is 32.2. The summed E-state index contributed by atoms with van der Waals surface area (Å²) < 4.78 is 39.4. The van der Waals surface area contributed by atoms with Gasteiger partial charge in [0.25, 0.3) is 0 Å². The molecule has 1 amide bonds. The Kier molecular flexibility index (Phi) is 6.10. The summed E-state index contributed by atoms with van der Waals surface area (Å²) in [6.45, 7) is 2.02. The maximum absolute atomic E-state index is 13.5. The number of carbonyl (C=O) groups excluding carboxylic acids is 1. The van der Waals surface area contributed by atoms with Crippen molar-refractivity contribution in [2.45, 2.75) is 23.5 Å². The molecule has 0 saturated carbocycles. The second kappa shape index (κ2) is 8.06. The van der Waals surface area contributed by atoms with Crippen molar-refractivity contribution >= 4 is 17.7 Å². The van der Waals surface area contributed by atoms with Crippen LogP contribution in [0.25, 0.3) is 0 Å². The number of carbonyl (C=O) groups is 1. The molecule has 0 heterocycles. The highest BCUT2D eigenvalue weighted by Gasteiger charge is 2.16. The summed E-state index contributed by atoms with van der Waals surface area (Å²) in [5.41, 5.74) is 0.906. The number of amides is 1. The van der Waals surface area contributed by atoms with Crippen LogP contribution in [0.5, 0.6) is 0 Å². The van der Waals surface area contributed by atoms with Gasteiger partial charge in [0.2, 0.25) is 5.91 Å². The lowest BCUT2D eigenvalue weighted by Gasteiger charge is -2.12. The fourth-order valence-electron chi connectivity index (χ4n) is 1.94. The van der Waals surface area contributed by atoms with Gasteiger partial charge in [0.05, 0.1) is 5.25 Å². The first-order chi connectivity index (χ1) is 11.0. The maximum Gasteiger partial charge on any atom is 0.233 e. The number of halogens is 3. The van der Waals surface area contributed by atoms with Gasteiger partial charge in [0.1, 0.15) is 17.5 Å². The SMILES string of the molecule is C[C@H](Sc1cc(F)ccc1F)C(=O)NCCc1ccc(F)cc1. The first-order valence-electron chi connectivity index (χ1n) is 7.09. The third kappa shape index (κ3) is 5.32. The van der Waals surface area contributed by atoms with Gasteiger partial charge >= 0.3 is 0 Å². The number of hydrogen-bond donors (Lipinski definition) is 1. The number of thioether (sulfide) groups is 1. The molecule has 122 valence electrons. The molecule has 0 fully saturated rings. The molecule has 23 heavy (non-hydrogen) atoms. The van der Waals surface area contributed by atoms with Crippen molar-refractivity contribution in [3.05, 3.63) is 65.5 Å². The second-order valence-electron chi connectivity index (χ2n) is 5.00. The Bertz CT molecular complexity index is 676. The largest absolute Gasteiger partial charge is 0.355 e. The number of rotatable bonds is 6. The van der Waals surface area contributed by atoms with Crippen molar-refractivity contribution in [1.29, 1.82) is 0 Å². The van der Waals surface area contributed by atoms with Gasteiger partial charge in [0.15, 0.2) is 0 Å². The topological polar surface area (TPSA) is 29.1 Å². The molecule has 0 bridgehead atoms. The number of nitrogens with one attached hydrogen (secondary N) is 1. The first kappa shape index (κ1) is 17.4. The van der Waals surface area contributed by atoms with Crippen LogP contribution < -0.4 is 5.32 Å². The van der Waals surface area contributed by atoms with Gasteiger partial charge in [-0.05, 0) is 49.2 Å². The maximum atomic E-state index is 13.5. The van der Waals surface area contributed by atoms with Crippen LogP contribution in [0, 0.1) is 17.5 Å². The van der Waals surface area contributed by atoms with Crippen LogP contribution in [0.3, 0.4) is 0 Å². The van der Waals surface area contributed by atoms with Crippen molar-refractivity contribution in [2.75, 3.05) is 6.54 Å². The summed E-state index contributed by atoms with van der Waals surface area (Å²) >= 11 is 0.964. The molecule has 0 spiro atoms. The third-order valence-corrected chi connectivity index (χ3v) is 4.33. The summed E-state index contributed by atoms with van der Waals surface area (Å²) in [5.74, 6) is -1.67. The molecular formula is C17H16F3NOS. The van der Waals surface area contributed by atoms with E-state index < -0.39 is 16.9 Å². The predicted octanol–water partition coefficient (Wildman–Crippen LogP) is 3.94. The van der Waals surface area contributed by atoms with Crippen LogP contribution in [0.1, 0.15) is 12.5 Å². The van der Waals surface area contributed by atoms with E-state index in [4.69, 9.17) is 0 Å². The number of hydrogen-bond acceptors (Lipinski definition) is 2. The zero-order valence-corrected chi connectivity index (χ0v) is 13.3. The Morgan fingerprint density at radius 1 is 1.09 bits per heavy atom. The molecule has 6 heteroatoms.